The van der Waals surface area contributed by atoms with E-state index in [0.717, 1.165) is 5.56 Å². The van der Waals surface area contributed by atoms with Gasteiger partial charge in [0.1, 0.15) is 5.82 Å². The number of halogens is 1. The Morgan fingerprint density at radius 2 is 1.88 bits per heavy atom. The zero-order valence-electron chi connectivity index (χ0n) is 9.69. The standard InChI is InChI=1S/C12H16FNO2S/c1-9-6-14-12(8-17(15,16)7-9)10-2-4-11(13)5-3-10/h2-5,9,12,14H,6-8H2,1H3. The predicted octanol–water partition coefficient (Wildman–Crippen LogP) is 1.52. The van der Waals surface area contributed by atoms with Crippen molar-refractivity contribution in [3.05, 3.63) is 35.6 Å². The van der Waals surface area contributed by atoms with Crippen molar-refractivity contribution < 1.29 is 12.8 Å². The van der Waals surface area contributed by atoms with Gasteiger partial charge in [-0.25, -0.2) is 12.8 Å². The van der Waals surface area contributed by atoms with E-state index in [1.807, 2.05) is 6.92 Å². The highest BCUT2D eigenvalue weighted by Gasteiger charge is 2.26. The van der Waals surface area contributed by atoms with Gasteiger partial charge in [0, 0.05) is 6.04 Å². The second-order valence-electron chi connectivity index (χ2n) is 4.69. The van der Waals surface area contributed by atoms with Crippen molar-refractivity contribution in [2.24, 2.45) is 5.92 Å². The van der Waals surface area contributed by atoms with E-state index in [2.05, 4.69) is 5.32 Å². The van der Waals surface area contributed by atoms with Gasteiger partial charge in [-0.1, -0.05) is 19.1 Å². The van der Waals surface area contributed by atoms with Gasteiger partial charge in [0.15, 0.2) is 9.84 Å². The molecule has 0 bridgehead atoms. The van der Waals surface area contributed by atoms with E-state index in [1.54, 1.807) is 12.1 Å². The molecule has 0 saturated carbocycles. The Morgan fingerprint density at radius 3 is 2.53 bits per heavy atom. The van der Waals surface area contributed by atoms with Crippen LogP contribution in [0.25, 0.3) is 0 Å². The van der Waals surface area contributed by atoms with Crippen molar-refractivity contribution in [1.82, 2.24) is 5.32 Å². The van der Waals surface area contributed by atoms with Gasteiger partial charge in [-0.05, 0) is 30.2 Å². The summed E-state index contributed by atoms with van der Waals surface area (Å²) >= 11 is 0. The summed E-state index contributed by atoms with van der Waals surface area (Å²) in [6, 6.07) is 5.76. The SMILES string of the molecule is CC1CNC(c2ccc(F)cc2)CS(=O)(=O)C1. The molecule has 0 radical (unpaired) electrons. The molecule has 1 aliphatic rings. The van der Waals surface area contributed by atoms with Gasteiger partial charge in [0.05, 0.1) is 11.5 Å². The minimum atomic E-state index is -3.03. The largest absolute Gasteiger partial charge is 0.309 e. The average Bonchev–Trinajstić information content (AvgIpc) is 2.37. The molecular weight excluding hydrogens is 241 g/mol. The van der Waals surface area contributed by atoms with E-state index >= 15 is 0 Å². The molecule has 1 saturated heterocycles. The van der Waals surface area contributed by atoms with Crippen LogP contribution in [0.2, 0.25) is 0 Å². The monoisotopic (exact) mass is 257 g/mol. The Balaban J connectivity index is 2.24. The third-order valence-corrected chi connectivity index (χ3v) is 4.86. The lowest BCUT2D eigenvalue weighted by atomic mass is 10.1. The first-order valence-electron chi connectivity index (χ1n) is 5.65. The van der Waals surface area contributed by atoms with Crippen molar-refractivity contribution in [2.75, 3.05) is 18.1 Å². The summed E-state index contributed by atoms with van der Waals surface area (Å²) in [6.45, 7) is 2.58. The summed E-state index contributed by atoms with van der Waals surface area (Å²) in [5, 5.41) is 3.22. The normalized spacial score (nSPS) is 28.6. The summed E-state index contributed by atoms with van der Waals surface area (Å²) in [6.07, 6.45) is 0. The van der Waals surface area contributed by atoms with Crippen LogP contribution < -0.4 is 5.32 Å². The second-order valence-corrected chi connectivity index (χ2v) is 6.85. The van der Waals surface area contributed by atoms with Crippen LogP contribution in [0.1, 0.15) is 18.5 Å². The minimum absolute atomic E-state index is 0.0863. The lowest BCUT2D eigenvalue weighted by Crippen LogP contribution is -2.26. The van der Waals surface area contributed by atoms with Crippen LogP contribution in [0.15, 0.2) is 24.3 Å². The zero-order valence-corrected chi connectivity index (χ0v) is 10.5. The van der Waals surface area contributed by atoms with Crippen LogP contribution in [-0.2, 0) is 9.84 Å². The lowest BCUT2D eigenvalue weighted by molar-refractivity contribution is 0.517. The Hall–Kier alpha value is -0.940. The number of hydrogen-bond donors (Lipinski definition) is 1. The Bertz CT molecular complexity index is 484. The van der Waals surface area contributed by atoms with E-state index in [4.69, 9.17) is 0 Å². The molecule has 1 heterocycles. The predicted molar refractivity (Wildman–Crippen MR) is 65.0 cm³/mol. The highest BCUT2D eigenvalue weighted by atomic mass is 32.2. The summed E-state index contributed by atoms with van der Waals surface area (Å²) in [4.78, 5) is 0. The summed E-state index contributed by atoms with van der Waals surface area (Å²) in [5.74, 6) is 0.116. The molecule has 2 unspecified atom stereocenters. The molecular formula is C12H16FNO2S. The smallest absolute Gasteiger partial charge is 0.152 e. The maximum absolute atomic E-state index is 12.8. The maximum atomic E-state index is 12.8. The molecule has 0 aromatic heterocycles. The first-order valence-corrected chi connectivity index (χ1v) is 7.48. The molecule has 1 aromatic carbocycles. The van der Waals surface area contributed by atoms with Gasteiger partial charge in [0.25, 0.3) is 0 Å². The van der Waals surface area contributed by atoms with E-state index in [-0.39, 0.29) is 29.3 Å². The molecule has 94 valence electrons. The van der Waals surface area contributed by atoms with Crippen molar-refractivity contribution in [1.29, 1.82) is 0 Å². The van der Waals surface area contributed by atoms with Gasteiger partial charge in [-0.15, -0.1) is 0 Å². The van der Waals surface area contributed by atoms with Crippen LogP contribution >= 0.6 is 0 Å². The minimum Gasteiger partial charge on any atom is -0.309 e. The van der Waals surface area contributed by atoms with Crippen molar-refractivity contribution in [3.63, 3.8) is 0 Å². The average molecular weight is 257 g/mol. The highest BCUT2D eigenvalue weighted by molar-refractivity contribution is 7.91. The van der Waals surface area contributed by atoms with Crippen LogP contribution in [0.4, 0.5) is 4.39 Å². The molecule has 1 N–H and O–H groups in total. The first-order chi connectivity index (χ1) is 7.96. The molecule has 5 heteroatoms. The van der Waals surface area contributed by atoms with Crippen molar-refractivity contribution in [2.45, 2.75) is 13.0 Å². The quantitative estimate of drug-likeness (QED) is 0.829. The summed E-state index contributed by atoms with van der Waals surface area (Å²) in [5.41, 5.74) is 0.823. The van der Waals surface area contributed by atoms with Crippen molar-refractivity contribution >= 4 is 9.84 Å². The number of benzene rings is 1. The van der Waals surface area contributed by atoms with Crippen LogP contribution in [-0.4, -0.2) is 26.5 Å². The molecule has 2 rings (SSSR count). The molecule has 1 aliphatic heterocycles. The van der Waals surface area contributed by atoms with Crippen LogP contribution in [0.5, 0.6) is 0 Å². The lowest BCUT2D eigenvalue weighted by Gasteiger charge is -2.15. The molecule has 2 atom stereocenters. The number of hydrogen-bond acceptors (Lipinski definition) is 3. The van der Waals surface area contributed by atoms with Crippen LogP contribution in [0, 0.1) is 11.7 Å². The van der Waals surface area contributed by atoms with E-state index in [9.17, 15) is 12.8 Å². The molecule has 0 amide bonds. The number of sulfone groups is 1. The third-order valence-electron chi connectivity index (χ3n) is 2.94. The molecule has 0 aliphatic carbocycles. The van der Waals surface area contributed by atoms with Crippen molar-refractivity contribution in [3.8, 4) is 0 Å². The summed E-state index contributed by atoms with van der Waals surface area (Å²) < 4.78 is 36.4. The topological polar surface area (TPSA) is 46.2 Å². The molecule has 3 nitrogen and oxygen atoms in total. The Labute approximate surface area is 101 Å². The zero-order chi connectivity index (χ0) is 12.5. The number of rotatable bonds is 1. The fourth-order valence-corrected chi connectivity index (χ4v) is 4.07. The Morgan fingerprint density at radius 1 is 1.24 bits per heavy atom. The fraction of sp³-hybridized carbons (Fsp3) is 0.500. The second kappa shape index (κ2) is 4.74. The van der Waals surface area contributed by atoms with E-state index in [0.29, 0.717) is 6.54 Å². The maximum Gasteiger partial charge on any atom is 0.152 e. The van der Waals surface area contributed by atoms with Gasteiger partial charge < -0.3 is 5.32 Å². The van der Waals surface area contributed by atoms with Gasteiger partial charge in [-0.2, -0.15) is 0 Å². The highest BCUT2D eigenvalue weighted by Crippen LogP contribution is 2.20. The molecule has 0 spiro atoms. The molecule has 1 fully saturated rings. The number of nitrogens with one attached hydrogen (secondary N) is 1. The molecule has 1 aromatic rings. The van der Waals surface area contributed by atoms with Gasteiger partial charge >= 0.3 is 0 Å². The molecule has 17 heavy (non-hydrogen) atoms. The van der Waals surface area contributed by atoms with E-state index in [1.165, 1.54) is 12.1 Å². The fourth-order valence-electron chi connectivity index (χ4n) is 2.13. The summed E-state index contributed by atoms with van der Waals surface area (Å²) in [7, 11) is -3.03. The van der Waals surface area contributed by atoms with E-state index < -0.39 is 9.84 Å². The van der Waals surface area contributed by atoms with Gasteiger partial charge in [-0.3, -0.25) is 0 Å². The van der Waals surface area contributed by atoms with Crippen LogP contribution in [0.3, 0.4) is 0 Å². The third kappa shape index (κ3) is 3.26. The van der Waals surface area contributed by atoms with Gasteiger partial charge in [0.2, 0.25) is 0 Å². The Kier molecular flexibility index (Phi) is 3.49. The first kappa shape index (κ1) is 12.5.